The first-order chi connectivity index (χ1) is 5.65. The standard InChI is InChI=1S/C8H9FN2O/c1-11-8(12)6-4-5(10)2-3-7(6)9/h2-4H,10H2,1H3,(H,11,12). The Bertz CT molecular complexity index is 312. The van der Waals surface area contributed by atoms with Gasteiger partial charge in [-0.2, -0.15) is 0 Å². The zero-order valence-electron chi connectivity index (χ0n) is 6.60. The minimum Gasteiger partial charge on any atom is -0.399 e. The molecule has 1 aromatic carbocycles. The van der Waals surface area contributed by atoms with E-state index in [-0.39, 0.29) is 5.56 Å². The van der Waals surface area contributed by atoms with Crippen molar-refractivity contribution in [2.24, 2.45) is 0 Å². The van der Waals surface area contributed by atoms with Gasteiger partial charge in [0, 0.05) is 12.7 Å². The zero-order valence-corrected chi connectivity index (χ0v) is 6.60. The van der Waals surface area contributed by atoms with E-state index >= 15 is 0 Å². The van der Waals surface area contributed by atoms with Gasteiger partial charge in [-0.3, -0.25) is 4.79 Å². The smallest absolute Gasteiger partial charge is 0.254 e. The van der Waals surface area contributed by atoms with Gasteiger partial charge < -0.3 is 11.1 Å². The van der Waals surface area contributed by atoms with Crippen molar-refractivity contribution in [1.29, 1.82) is 0 Å². The van der Waals surface area contributed by atoms with Crippen LogP contribution in [0.25, 0.3) is 0 Å². The maximum atomic E-state index is 12.9. The van der Waals surface area contributed by atoms with E-state index in [1.165, 1.54) is 25.2 Å². The lowest BCUT2D eigenvalue weighted by Gasteiger charge is -2.01. The van der Waals surface area contributed by atoms with Crippen molar-refractivity contribution in [2.75, 3.05) is 12.8 Å². The number of anilines is 1. The number of carbonyl (C=O) groups excluding carboxylic acids is 1. The highest BCUT2D eigenvalue weighted by molar-refractivity contribution is 5.95. The SMILES string of the molecule is CNC(=O)c1cc(N)ccc1F. The Morgan fingerprint density at radius 3 is 2.83 bits per heavy atom. The summed E-state index contributed by atoms with van der Waals surface area (Å²) < 4.78 is 12.9. The van der Waals surface area contributed by atoms with Gasteiger partial charge >= 0.3 is 0 Å². The van der Waals surface area contributed by atoms with Crippen molar-refractivity contribution in [2.45, 2.75) is 0 Å². The van der Waals surface area contributed by atoms with Gasteiger partial charge in [0.15, 0.2) is 0 Å². The van der Waals surface area contributed by atoms with Crippen LogP contribution in [0.15, 0.2) is 18.2 Å². The molecule has 64 valence electrons. The number of carbonyl (C=O) groups is 1. The third kappa shape index (κ3) is 1.53. The summed E-state index contributed by atoms with van der Waals surface area (Å²) >= 11 is 0. The maximum Gasteiger partial charge on any atom is 0.254 e. The number of nitrogen functional groups attached to an aromatic ring is 1. The highest BCUT2D eigenvalue weighted by atomic mass is 19.1. The lowest BCUT2D eigenvalue weighted by atomic mass is 10.2. The van der Waals surface area contributed by atoms with Crippen molar-refractivity contribution >= 4 is 11.6 Å². The highest BCUT2D eigenvalue weighted by Gasteiger charge is 2.09. The first-order valence-electron chi connectivity index (χ1n) is 3.42. The number of rotatable bonds is 1. The minimum absolute atomic E-state index is 0.0301. The molecule has 0 saturated heterocycles. The zero-order chi connectivity index (χ0) is 9.14. The van der Waals surface area contributed by atoms with Gasteiger partial charge in [0.05, 0.1) is 5.56 Å². The van der Waals surface area contributed by atoms with Gasteiger partial charge in [-0.1, -0.05) is 0 Å². The van der Waals surface area contributed by atoms with E-state index in [1.54, 1.807) is 0 Å². The molecule has 0 radical (unpaired) electrons. The normalized spacial score (nSPS) is 9.50. The summed E-state index contributed by atoms with van der Waals surface area (Å²) in [7, 11) is 1.44. The van der Waals surface area contributed by atoms with Crippen molar-refractivity contribution < 1.29 is 9.18 Å². The fourth-order valence-corrected chi connectivity index (χ4v) is 0.852. The lowest BCUT2D eigenvalue weighted by molar-refractivity contribution is 0.0959. The van der Waals surface area contributed by atoms with Crippen LogP contribution in [0.3, 0.4) is 0 Å². The second-order valence-corrected chi connectivity index (χ2v) is 2.32. The predicted molar refractivity (Wildman–Crippen MR) is 44.2 cm³/mol. The monoisotopic (exact) mass is 168 g/mol. The molecule has 0 atom stereocenters. The number of nitrogens with two attached hydrogens (primary N) is 1. The third-order valence-corrected chi connectivity index (χ3v) is 1.46. The molecule has 0 aromatic heterocycles. The molecule has 0 saturated carbocycles. The highest BCUT2D eigenvalue weighted by Crippen LogP contribution is 2.11. The summed E-state index contributed by atoms with van der Waals surface area (Å²) in [5.41, 5.74) is 5.71. The van der Waals surface area contributed by atoms with E-state index in [9.17, 15) is 9.18 Å². The molecule has 0 heterocycles. The topological polar surface area (TPSA) is 55.1 Å². The summed E-state index contributed by atoms with van der Waals surface area (Å²) in [5.74, 6) is -1.04. The summed E-state index contributed by atoms with van der Waals surface area (Å²) in [6.45, 7) is 0. The molecule has 0 spiro atoms. The Labute approximate surface area is 69.4 Å². The van der Waals surface area contributed by atoms with Crippen molar-refractivity contribution in [1.82, 2.24) is 5.32 Å². The van der Waals surface area contributed by atoms with E-state index in [2.05, 4.69) is 5.32 Å². The Morgan fingerprint density at radius 2 is 2.25 bits per heavy atom. The van der Waals surface area contributed by atoms with E-state index < -0.39 is 11.7 Å². The maximum absolute atomic E-state index is 12.9. The average Bonchev–Trinajstić information content (AvgIpc) is 2.08. The predicted octanol–water partition coefficient (Wildman–Crippen LogP) is 0.767. The van der Waals surface area contributed by atoms with Gasteiger partial charge in [0.1, 0.15) is 5.82 Å². The van der Waals surface area contributed by atoms with Crippen LogP contribution in [0.5, 0.6) is 0 Å². The number of nitrogens with one attached hydrogen (secondary N) is 1. The van der Waals surface area contributed by atoms with Crippen molar-refractivity contribution in [3.8, 4) is 0 Å². The van der Waals surface area contributed by atoms with Crippen LogP contribution in [0, 0.1) is 5.82 Å². The van der Waals surface area contributed by atoms with E-state index in [4.69, 9.17) is 5.73 Å². The molecule has 1 amide bonds. The van der Waals surface area contributed by atoms with E-state index in [1.807, 2.05) is 0 Å². The molecule has 4 heteroatoms. The van der Waals surface area contributed by atoms with Gasteiger partial charge in [-0.25, -0.2) is 4.39 Å². The summed E-state index contributed by atoms with van der Waals surface area (Å²) in [6, 6.07) is 3.87. The van der Waals surface area contributed by atoms with E-state index in [0.717, 1.165) is 0 Å². The molecule has 1 aromatic rings. The second-order valence-electron chi connectivity index (χ2n) is 2.32. The quantitative estimate of drug-likeness (QED) is 0.608. The van der Waals surface area contributed by atoms with Gasteiger partial charge in [-0.05, 0) is 18.2 Å². The van der Waals surface area contributed by atoms with Crippen LogP contribution in [0.4, 0.5) is 10.1 Å². The Hall–Kier alpha value is -1.58. The van der Waals surface area contributed by atoms with Gasteiger partial charge in [0.2, 0.25) is 0 Å². The second kappa shape index (κ2) is 3.21. The Kier molecular flexibility index (Phi) is 2.28. The first-order valence-corrected chi connectivity index (χ1v) is 3.42. The Balaban J connectivity index is 3.13. The molecule has 12 heavy (non-hydrogen) atoms. The van der Waals surface area contributed by atoms with Crippen molar-refractivity contribution in [3.63, 3.8) is 0 Å². The molecule has 3 nitrogen and oxygen atoms in total. The van der Waals surface area contributed by atoms with Crippen LogP contribution in [0.2, 0.25) is 0 Å². The fraction of sp³-hybridized carbons (Fsp3) is 0.125. The first kappa shape index (κ1) is 8.52. The lowest BCUT2D eigenvalue weighted by Crippen LogP contribution is -2.19. The van der Waals surface area contributed by atoms with Crippen LogP contribution in [-0.4, -0.2) is 13.0 Å². The molecule has 0 bridgehead atoms. The van der Waals surface area contributed by atoms with Gasteiger partial charge in [-0.15, -0.1) is 0 Å². The van der Waals surface area contributed by atoms with Crippen LogP contribution >= 0.6 is 0 Å². The summed E-state index contributed by atoms with van der Waals surface area (Å²) in [4.78, 5) is 11.0. The molecule has 0 aliphatic carbocycles. The third-order valence-electron chi connectivity index (χ3n) is 1.46. The largest absolute Gasteiger partial charge is 0.399 e. The number of halogens is 1. The van der Waals surface area contributed by atoms with Gasteiger partial charge in [0.25, 0.3) is 5.91 Å². The number of benzene rings is 1. The van der Waals surface area contributed by atoms with Crippen LogP contribution < -0.4 is 11.1 Å². The molecule has 1 rings (SSSR count). The minimum atomic E-state index is -0.566. The number of amides is 1. The molecular weight excluding hydrogens is 159 g/mol. The van der Waals surface area contributed by atoms with Crippen molar-refractivity contribution in [3.05, 3.63) is 29.6 Å². The molecule has 0 unspecified atom stereocenters. The molecule has 0 fully saturated rings. The fourth-order valence-electron chi connectivity index (χ4n) is 0.852. The number of hydrogen-bond donors (Lipinski definition) is 2. The Morgan fingerprint density at radius 1 is 1.58 bits per heavy atom. The number of hydrogen-bond acceptors (Lipinski definition) is 2. The molecule has 3 N–H and O–H groups in total. The average molecular weight is 168 g/mol. The van der Waals surface area contributed by atoms with Crippen LogP contribution in [-0.2, 0) is 0 Å². The summed E-state index contributed by atoms with van der Waals surface area (Å²) in [6.07, 6.45) is 0. The molecular formula is C8H9FN2O. The molecule has 0 aliphatic rings. The molecule has 0 aliphatic heterocycles. The van der Waals surface area contributed by atoms with Crippen LogP contribution in [0.1, 0.15) is 10.4 Å². The summed E-state index contributed by atoms with van der Waals surface area (Å²) in [5, 5.41) is 2.31. The van der Waals surface area contributed by atoms with E-state index in [0.29, 0.717) is 5.69 Å².